The molecule has 0 saturated carbocycles. The molecule has 19 heavy (non-hydrogen) atoms. The Morgan fingerprint density at radius 1 is 1.21 bits per heavy atom. The summed E-state index contributed by atoms with van der Waals surface area (Å²) >= 11 is 0. The van der Waals surface area contributed by atoms with Gasteiger partial charge in [-0.3, -0.25) is 5.01 Å². The van der Waals surface area contributed by atoms with Crippen LogP contribution in [-0.4, -0.2) is 30.4 Å². The summed E-state index contributed by atoms with van der Waals surface area (Å²) in [6.07, 6.45) is 1.80. The van der Waals surface area contributed by atoms with Crippen LogP contribution < -0.4 is 21.4 Å². The van der Waals surface area contributed by atoms with Gasteiger partial charge in [0.2, 0.25) is 0 Å². The van der Waals surface area contributed by atoms with E-state index in [9.17, 15) is 0 Å². The number of nitrogens with zero attached hydrogens (tertiary/aromatic N) is 2. The summed E-state index contributed by atoms with van der Waals surface area (Å²) in [5.74, 6) is 0.861. The van der Waals surface area contributed by atoms with E-state index in [1.165, 1.54) is 0 Å². The summed E-state index contributed by atoms with van der Waals surface area (Å²) in [5, 5.41) is 1.82. The van der Waals surface area contributed by atoms with Crippen LogP contribution >= 0.6 is 0 Å². The van der Waals surface area contributed by atoms with E-state index in [-0.39, 0.29) is 18.3 Å². The maximum Gasteiger partial charge on any atom is 0.496 e. The second kappa shape index (κ2) is 3.85. The van der Waals surface area contributed by atoms with Gasteiger partial charge in [-0.25, -0.2) is 4.98 Å². The number of aromatic nitrogens is 1. The highest BCUT2D eigenvalue weighted by Crippen LogP contribution is 2.36. The van der Waals surface area contributed by atoms with Crippen molar-refractivity contribution in [3.8, 4) is 0 Å². The molecule has 1 saturated heterocycles. The third kappa shape index (κ3) is 1.89. The molecule has 7 heteroatoms. The molecule has 0 aliphatic carbocycles. The molecule has 0 radical (unpaired) electrons. The molecule has 1 aromatic heterocycles. The van der Waals surface area contributed by atoms with Crippen molar-refractivity contribution < 1.29 is 9.31 Å². The molecule has 6 nitrogen and oxygen atoms in total. The third-order valence-corrected chi connectivity index (χ3v) is 4.09. The molecular weight excluding hydrogens is 243 g/mol. The predicted octanol–water partition coefficient (Wildman–Crippen LogP) is 0.662. The van der Waals surface area contributed by atoms with Gasteiger partial charge in [0.25, 0.3) is 0 Å². The van der Waals surface area contributed by atoms with Crippen molar-refractivity contribution in [2.24, 2.45) is 0 Å². The van der Waals surface area contributed by atoms with Gasteiger partial charge in [-0.05, 0) is 33.8 Å². The topological polar surface area (TPSA) is 58.7 Å². The van der Waals surface area contributed by atoms with Gasteiger partial charge in [-0.15, -0.1) is 5.53 Å². The zero-order valence-electron chi connectivity index (χ0n) is 11.9. The zero-order chi connectivity index (χ0) is 13.8. The first-order valence-electron chi connectivity index (χ1n) is 6.41. The molecule has 1 fully saturated rings. The Balaban J connectivity index is 1.89. The highest BCUT2D eigenvalue weighted by Gasteiger charge is 2.52. The van der Waals surface area contributed by atoms with Crippen molar-refractivity contribution >= 4 is 24.1 Å². The second-order valence-corrected chi connectivity index (χ2v) is 6.02. The van der Waals surface area contributed by atoms with Gasteiger partial charge in [0.05, 0.1) is 16.9 Å². The van der Waals surface area contributed by atoms with Gasteiger partial charge in [-0.2, -0.15) is 0 Å². The molecule has 2 aliphatic rings. The Morgan fingerprint density at radius 2 is 1.84 bits per heavy atom. The minimum absolute atomic E-state index is 0.334. The van der Waals surface area contributed by atoms with Gasteiger partial charge in [0.15, 0.2) is 5.82 Å². The van der Waals surface area contributed by atoms with Crippen LogP contribution in [0.15, 0.2) is 12.3 Å². The number of hydrazine groups is 2. The van der Waals surface area contributed by atoms with Crippen LogP contribution in [0.25, 0.3) is 0 Å². The molecule has 3 rings (SSSR count). The fraction of sp³-hybridized carbons (Fsp3) is 0.583. The molecule has 0 bridgehead atoms. The molecule has 3 heterocycles. The lowest BCUT2D eigenvalue weighted by Gasteiger charge is -2.32. The molecule has 0 unspecified atom stereocenters. The maximum absolute atomic E-state index is 6.01. The molecule has 102 valence electrons. The van der Waals surface area contributed by atoms with Crippen LogP contribution in [-0.2, 0) is 9.31 Å². The third-order valence-electron chi connectivity index (χ3n) is 4.09. The van der Waals surface area contributed by atoms with Crippen LogP contribution in [0.3, 0.4) is 0 Å². The summed E-state index contributed by atoms with van der Waals surface area (Å²) in [5.41, 5.74) is 7.21. The SMILES string of the molecule is CN1NNc2cc(B3OC(C)(C)C(C)(C)O3)cnc21. The second-order valence-electron chi connectivity index (χ2n) is 6.02. The van der Waals surface area contributed by atoms with Gasteiger partial charge >= 0.3 is 7.12 Å². The Morgan fingerprint density at radius 3 is 2.47 bits per heavy atom. The van der Waals surface area contributed by atoms with Crippen molar-refractivity contribution in [2.45, 2.75) is 38.9 Å². The van der Waals surface area contributed by atoms with Crippen molar-refractivity contribution in [2.75, 3.05) is 17.5 Å². The molecular formula is C12H19BN4O2. The summed E-state index contributed by atoms with van der Waals surface area (Å²) in [4.78, 5) is 4.42. The number of rotatable bonds is 1. The van der Waals surface area contributed by atoms with Crippen molar-refractivity contribution in [1.29, 1.82) is 0 Å². The first-order chi connectivity index (χ1) is 8.80. The lowest BCUT2D eigenvalue weighted by molar-refractivity contribution is 0.00578. The fourth-order valence-electron chi connectivity index (χ4n) is 2.14. The van der Waals surface area contributed by atoms with Crippen LogP contribution in [0.4, 0.5) is 11.5 Å². The highest BCUT2D eigenvalue weighted by molar-refractivity contribution is 6.62. The van der Waals surface area contributed by atoms with Gasteiger partial charge < -0.3 is 14.7 Å². The monoisotopic (exact) mass is 262 g/mol. The summed E-state index contributed by atoms with van der Waals surface area (Å²) in [6.45, 7) is 8.17. The van der Waals surface area contributed by atoms with E-state index in [2.05, 4.69) is 15.9 Å². The number of anilines is 2. The van der Waals surface area contributed by atoms with Gasteiger partial charge in [0.1, 0.15) is 0 Å². The first kappa shape index (κ1) is 12.7. The smallest absolute Gasteiger partial charge is 0.399 e. The van der Waals surface area contributed by atoms with E-state index in [0.29, 0.717) is 0 Å². The molecule has 2 aliphatic heterocycles. The van der Waals surface area contributed by atoms with Crippen molar-refractivity contribution in [3.05, 3.63) is 12.3 Å². The minimum atomic E-state index is -0.379. The molecule has 2 N–H and O–H groups in total. The summed E-state index contributed by atoms with van der Waals surface area (Å²) in [7, 11) is 1.52. The zero-order valence-corrected chi connectivity index (χ0v) is 11.9. The van der Waals surface area contributed by atoms with E-state index < -0.39 is 0 Å². The average molecular weight is 262 g/mol. The normalized spacial score (nSPS) is 23.4. The van der Waals surface area contributed by atoms with E-state index >= 15 is 0 Å². The Bertz CT molecular complexity index is 504. The Labute approximate surface area is 113 Å². The lowest BCUT2D eigenvalue weighted by atomic mass is 9.80. The van der Waals surface area contributed by atoms with E-state index in [4.69, 9.17) is 9.31 Å². The van der Waals surface area contributed by atoms with Gasteiger partial charge in [-0.1, -0.05) is 0 Å². The Hall–Kier alpha value is -1.31. The maximum atomic E-state index is 6.01. The lowest BCUT2D eigenvalue weighted by Crippen LogP contribution is -2.41. The van der Waals surface area contributed by atoms with Crippen molar-refractivity contribution in [1.82, 2.24) is 10.5 Å². The van der Waals surface area contributed by atoms with Gasteiger partial charge in [0, 0.05) is 18.7 Å². The fourth-order valence-corrected chi connectivity index (χ4v) is 2.14. The largest absolute Gasteiger partial charge is 0.496 e. The molecule has 0 spiro atoms. The minimum Gasteiger partial charge on any atom is -0.399 e. The average Bonchev–Trinajstić information content (AvgIpc) is 2.78. The Kier molecular flexibility index (Phi) is 2.57. The first-order valence-corrected chi connectivity index (χ1v) is 6.41. The van der Waals surface area contributed by atoms with Crippen LogP contribution in [0.1, 0.15) is 27.7 Å². The van der Waals surface area contributed by atoms with Crippen LogP contribution in [0.5, 0.6) is 0 Å². The van der Waals surface area contributed by atoms with Crippen LogP contribution in [0, 0.1) is 0 Å². The van der Waals surface area contributed by atoms with Crippen molar-refractivity contribution in [3.63, 3.8) is 0 Å². The van der Waals surface area contributed by atoms with E-state index in [0.717, 1.165) is 17.0 Å². The number of pyridine rings is 1. The number of nitrogens with one attached hydrogen (secondary N) is 2. The summed E-state index contributed by atoms with van der Waals surface area (Å²) < 4.78 is 12.0. The quantitative estimate of drug-likeness (QED) is 0.725. The highest BCUT2D eigenvalue weighted by atomic mass is 16.7. The molecule has 0 atom stereocenters. The standard InChI is InChI=1S/C12H19BN4O2/c1-11(2)12(3,4)19-13(18-11)8-6-9-10(14-7-8)17(5)16-15-9/h6-7,15-16H,1-5H3. The molecule has 1 aromatic rings. The number of hydrogen-bond donors (Lipinski definition) is 2. The van der Waals surface area contributed by atoms with E-state index in [1.54, 1.807) is 6.20 Å². The summed E-state index contributed by atoms with van der Waals surface area (Å²) in [6, 6.07) is 2.00. The molecule has 0 amide bonds. The predicted molar refractivity (Wildman–Crippen MR) is 75.1 cm³/mol. The number of fused-ring (bicyclic) bond motifs is 1. The molecule has 0 aromatic carbocycles. The van der Waals surface area contributed by atoms with E-state index in [1.807, 2.05) is 45.8 Å². The number of hydrogen-bond acceptors (Lipinski definition) is 6. The van der Waals surface area contributed by atoms with Crippen LogP contribution in [0.2, 0.25) is 0 Å².